The highest BCUT2D eigenvalue weighted by atomic mass is 16.3. The number of amides is 1. The van der Waals surface area contributed by atoms with E-state index in [1.807, 2.05) is 13.0 Å². The quantitative estimate of drug-likeness (QED) is 0.693. The molecule has 0 saturated heterocycles. The van der Waals surface area contributed by atoms with Crippen molar-refractivity contribution in [2.75, 3.05) is 0 Å². The van der Waals surface area contributed by atoms with Crippen LogP contribution in [0.5, 0.6) is 0 Å². The molecule has 0 aliphatic carbocycles. The van der Waals surface area contributed by atoms with Gasteiger partial charge in [0.05, 0.1) is 6.26 Å². The maximum atomic E-state index is 11.1. The van der Waals surface area contributed by atoms with E-state index in [4.69, 9.17) is 4.42 Å². The van der Waals surface area contributed by atoms with Crippen molar-refractivity contribution in [3.63, 3.8) is 0 Å². The third-order valence-corrected chi connectivity index (χ3v) is 2.02. The van der Waals surface area contributed by atoms with Crippen LogP contribution in [0.3, 0.4) is 0 Å². The fourth-order valence-electron chi connectivity index (χ4n) is 1.24. The number of hydrogen-bond donors (Lipinski definition) is 1. The van der Waals surface area contributed by atoms with E-state index in [9.17, 15) is 4.79 Å². The summed E-state index contributed by atoms with van der Waals surface area (Å²) in [4.78, 5) is 15.3. The Morgan fingerprint density at radius 1 is 1.62 bits per heavy atom. The zero-order valence-electron chi connectivity index (χ0n) is 7.50. The molecule has 0 bridgehead atoms. The molecule has 1 aliphatic heterocycles. The number of furan rings is 1. The second kappa shape index (κ2) is 2.73. The summed E-state index contributed by atoms with van der Waals surface area (Å²) < 4.78 is 5.20. The molecular weight excluding hydrogens is 168 g/mol. The molecule has 1 N–H and O–H groups in total. The summed E-state index contributed by atoms with van der Waals surface area (Å²) in [5.74, 6) is 1.11. The third kappa shape index (κ3) is 1.24. The SMILES string of the molecule is Cc1ccoc1C1=NC(C)C(=O)N1. The van der Waals surface area contributed by atoms with Gasteiger partial charge in [-0.15, -0.1) is 0 Å². The Morgan fingerprint density at radius 3 is 2.85 bits per heavy atom. The largest absolute Gasteiger partial charge is 0.461 e. The van der Waals surface area contributed by atoms with E-state index in [2.05, 4.69) is 10.3 Å². The van der Waals surface area contributed by atoms with Gasteiger partial charge in [-0.3, -0.25) is 9.79 Å². The smallest absolute Gasteiger partial charge is 0.250 e. The highest BCUT2D eigenvalue weighted by Gasteiger charge is 2.25. The van der Waals surface area contributed by atoms with Crippen LogP contribution in [0.1, 0.15) is 18.2 Å². The number of rotatable bonds is 1. The Hall–Kier alpha value is -1.58. The normalized spacial score (nSPS) is 21.5. The number of carbonyl (C=O) groups is 1. The lowest BCUT2D eigenvalue weighted by Crippen LogP contribution is -2.28. The van der Waals surface area contributed by atoms with Gasteiger partial charge >= 0.3 is 0 Å². The van der Waals surface area contributed by atoms with E-state index in [0.717, 1.165) is 5.56 Å². The molecule has 1 aromatic rings. The summed E-state index contributed by atoms with van der Waals surface area (Å²) >= 11 is 0. The summed E-state index contributed by atoms with van der Waals surface area (Å²) in [7, 11) is 0. The monoisotopic (exact) mass is 178 g/mol. The zero-order chi connectivity index (χ0) is 9.42. The standard InChI is InChI=1S/C9H10N2O2/c1-5-3-4-13-7(5)8-10-6(2)9(12)11-8/h3-4,6H,1-2H3,(H,10,11,12). The molecule has 1 unspecified atom stereocenters. The molecule has 4 nitrogen and oxygen atoms in total. The third-order valence-electron chi connectivity index (χ3n) is 2.02. The molecule has 1 atom stereocenters. The zero-order valence-corrected chi connectivity index (χ0v) is 7.50. The number of amidine groups is 1. The number of carbonyl (C=O) groups excluding carboxylic acids is 1. The van der Waals surface area contributed by atoms with Gasteiger partial charge in [-0.05, 0) is 25.5 Å². The van der Waals surface area contributed by atoms with Crippen molar-refractivity contribution in [2.24, 2.45) is 4.99 Å². The predicted octanol–water partition coefficient (Wildman–Crippen LogP) is 0.853. The molecule has 68 valence electrons. The lowest BCUT2D eigenvalue weighted by Gasteiger charge is -1.96. The molecule has 0 saturated carbocycles. The van der Waals surface area contributed by atoms with Gasteiger partial charge in [0.15, 0.2) is 11.6 Å². The van der Waals surface area contributed by atoms with Gasteiger partial charge in [-0.2, -0.15) is 0 Å². The second-order valence-electron chi connectivity index (χ2n) is 3.08. The number of nitrogens with zero attached hydrogens (tertiary/aromatic N) is 1. The van der Waals surface area contributed by atoms with E-state index in [1.54, 1.807) is 13.2 Å². The lowest BCUT2D eigenvalue weighted by molar-refractivity contribution is -0.119. The molecule has 0 spiro atoms. The van der Waals surface area contributed by atoms with Gasteiger partial charge in [-0.1, -0.05) is 0 Å². The van der Waals surface area contributed by atoms with Gasteiger partial charge in [0, 0.05) is 0 Å². The van der Waals surface area contributed by atoms with Crippen LogP contribution in [-0.2, 0) is 4.79 Å². The van der Waals surface area contributed by atoms with Gasteiger partial charge in [-0.25, -0.2) is 0 Å². The van der Waals surface area contributed by atoms with Crippen LogP contribution >= 0.6 is 0 Å². The van der Waals surface area contributed by atoms with Crippen LogP contribution in [-0.4, -0.2) is 17.8 Å². The molecule has 1 amide bonds. The van der Waals surface area contributed by atoms with Crippen molar-refractivity contribution in [3.05, 3.63) is 23.7 Å². The minimum atomic E-state index is -0.306. The van der Waals surface area contributed by atoms with Gasteiger partial charge < -0.3 is 9.73 Å². The Bertz CT molecular complexity index is 379. The van der Waals surface area contributed by atoms with E-state index >= 15 is 0 Å². The van der Waals surface area contributed by atoms with Crippen LogP contribution in [0.2, 0.25) is 0 Å². The summed E-state index contributed by atoms with van der Waals surface area (Å²) in [6.45, 7) is 3.66. The number of nitrogens with one attached hydrogen (secondary N) is 1. The maximum absolute atomic E-state index is 11.1. The Labute approximate surface area is 75.7 Å². The van der Waals surface area contributed by atoms with Crippen LogP contribution < -0.4 is 5.32 Å². The first-order chi connectivity index (χ1) is 6.18. The minimum Gasteiger partial charge on any atom is -0.461 e. The summed E-state index contributed by atoms with van der Waals surface area (Å²) in [6.07, 6.45) is 1.59. The molecule has 1 aromatic heterocycles. The van der Waals surface area contributed by atoms with E-state index in [0.29, 0.717) is 11.6 Å². The number of hydrogen-bond acceptors (Lipinski definition) is 3. The number of aliphatic imine (C=N–C) groups is 1. The van der Waals surface area contributed by atoms with Gasteiger partial charge in [0.25, 0.3) is 0 Å². The molecule has 0 aromatic carbocycles. The van der Waals surface area contributed by atoms with Crippen LogP contribution in [0.25, 0.3) is 0 Å². The van der Waals surface area contributed by atoms with Crippen LogP contribution in [0.15, 0.2) is 21.7 Å². The predicted molar refractivity (Wildman–Crippen MR) is 47.6 cm³/mol. The summed E-state index contributed by atoms with van der Waals surface area (Å²) in [5, 5.41) is 2.66. The average molecular weight is 178 g/mol. The molecular formula is C9H10N2O2. The first kappa shape index (κ1) is 8.04. The molecule has 2 heterocycles. The van der Waals surface area contributed by atoms with Crippen molar-refractivity contribution >= 4 is 11.7 Å². The minimum absolute atomic E-state index is 0.0780. The van der Waals surface area contributed by atoms with Crippen molar-refractivity contribution < 1.29 is 9.21 Å². The van der Waals surface area contributed by atoms with Gasteiger partial charge in [0.2, 0.25) is 5.91 Å². The molecule has 13 heavy (non-hydrogen) atoms. The first-order valence-corrected chi connectivity index (χ1v) is 4.11. The Balaban J connectivity index is 2.35. The Kier molecular flexibility index (Phi) is 1.69. The number of aryl methyl sites for hydroxylation is 1. The Morgan fingerprint density at radius 2 is 2.38 bits per heavy atom. The van der Waals surface area contributed by atoms with Gasteiger partial charge in [0.1, 0.15) is 6.04 Å². The van der Waals surface area contributed by atoms with Crippen molar-refractivity contribution in [1.29, 1.82) is 0 Å². The molecule has 0 radical (unpaired) electrons. The van der Waals surface area contributed by atoms with E-state index < -0.39 is 0 Å². The second-order valence-corrected chi connectivity index (χ2v) is 3.08. The lowest BCUT2D eigenvalue weighted by atomic mass is 10.3. The first-order valence-electron chi connectivity index (χ1n) is 4.11. The van der Waals surface area contributed by atoms with Crippen molar-refractivity contribution in [2.45, 2.75) is 19.9 Å². The molecule has 1 aliphatic rings. The molecule has 4 heteroatoms. The highest BCUT2D eigenvalue weighted by molar-refractivity contribution is 6.12. The molecule has 2 rings (SSSR count). The highest BCUT2D eigenvalue weighted by Crippen LogP contribution is 2.12. The summed E-state index contributed by atoms with van der Waals surface area (Å²) in [6, 6.07) is 1.53. The molecule has 0 fully saturated rings. The summed E-state index contributed by atoms with van der Waals surface area (Å²) in [5.41, 5.74) is 0.980. The van der Waals surface area contributed by atoms with E-state index in [1.165, 1.54) is 0 Å². The van der Waals surface area contributed by atoms with Crippen molar-refractivity contribution in [1.82, 2.24) is 5.32 Å². The van der Waals surface area contributed by atoms with Crippen LogP contribution in [0.4, 0.5) is 0 Å². The topological polar surface area (TPSA) is 54.6 Å². The maximum Gasteiger partial charge on any atom is 0.250 e. The fraction of sp³-hybridized carbons (Fsp3) is 0.333. The average Bonchev–Trinajstić information content (AvgIpc) is 2.60. The fourth-order valence-corrected chi connectivity index (χ4v) is 1.24. The van der Waals surface area contributed by atoms with E-state index in [-0.39, 0.29) is 11.9 Å². The van der Waals surface area contributed by atoms with Crippen molar-refractivity contribution in [3.8, 4) is 0 Å². The van der Waals surface area contributed by atoms with Crippen LogP contribution in [0, 0.1) is 6.92 Å².